The molecule has 5 aromatic rings. The molecule has 0 aliphatic heterocycles. The minimum absolute atomic E-state index is 0.558. The lowest BCUT2D eigenvalue weighted by atomic mass is 9.76. The first-order valence-electron chi connectivity index (χ1n) is 11.0. The van der Waals surface area contributed by atoms with E-state index in [2.05, 4.69) is 102 Å². The van der Waals surface area contributed by atoms with Crippen molar-refractivity contribution in [3.05, 3.63) is 154 Å². The van der Waals surface area contributed by atoms with Crippen LogP contribution in [-0.2, 0) is 11.3 Å². The van der Waals surface area contributed by atoms with Gasteiger partial charge in [-0.25, -0.2) is 4.98 Å². The highest BCUT2D eigenvalue weighted by Crippen LogP contribution is 2.42. The molecule has 0 saturated carbocycles. The molecule has 168 valence electrons. The van der Waals surface area contributed by atoms with Gasteiger partial charge in [-0.15, -0.1) is 11.8 Å². The van der Waals surface area contributed by atoms with Crippen LogP contribution in [0.1, 0.15) is 22.5 Å². The van der Waals surface area contributed by atoms with Crippen molar-refractivity contribution < 1.29 is 0 Å². The second-order valence-electron chi connectivity index (χ2n) is 7.86. The lowest BCUT2D eigenvalue weighted by molar-refractivity contribution is 0.500. The fraction of sp³-hybridized carbons (Fsp3) is 0.0690. The molecule has 0 N–H and O–H groups in total. The Balaban J connectivity index is 1.70. The van der Waals surface area contributed by atoms with Gasteiger partial charge in [-0.05, 0) is 28.8 Å². The molecule has 1 aromatic heterocycles. The average Bonchev–Trinajstić information content (AvgIpc) is 3.36. The summed E-state index contributed by atoms with van der Waals surface area (Å²) in [5, 5.41) is 1.13. The molecular formula is C29H22Cl2N2S. The molecule has 0 radical (unpaired) electrons. The standard InChI is InChI=1S/C29H22Cl2N2S/c30-25-17-10-18-26(28(25)31)34-21-27-32-19-20-33(27)29(22-11-4-1-5-12-22,23-13-6-2-7-14-23)24-15-8-3-9-16-24/h1-20H,21H2. The Labute approximate surface area is 214 Å². The van der Waals surface area contributed by atoms with Crippen LogP contribution in [0.4, 0.5) is 0 Å². The fourth-order valence-electron chi connectivity index (χ4n) is 4.44. The first-order chi connectivity index (χ1) is 16.7. The maximum Gasteiger partial charge on any atom is 0.121 e. The Morgan fingerprint density at radius 1 is 0.676 bits per heavy atom. The van der Waals surface area contributed by atoms with Gasteiger partial charge in [0.05, 0.1) is 15.8 Å². The van der Waals surface area contributed by atoms with Gasteiger partial charge in [-0.3, -0.25) is 0 Å². The Morgan fingerprint density at radius 2 is 1.21 bits per heavy atom. The van der Waals surface area contributed by atoms with Gasteiger partial charge in [-0.2, -0.15) is 0 Å². The third kappa shape index (κ3) is 4.16. The van der Waals surface area contributed by atoms with Crippen molar-refractivity contribution in [2.45, 2.75) is 16.2 Å². The summed E-state index contributed by atoms with van der Waals surface area (Å²) in [5.74, 6) is 1.58. The SMILES string of the molecule is Clc1cccc(SCc2nccn2C(c2ccccc2)(c2ccccc2)c2ccccc2)c1Cl. The van der Waals surface area contributed by atoms with Crippen LogP contribution < -0.4 is 0 Å². The van der Waals surface area contributed by atoms with Crippen LogP contribution in [0.15, 0.2) is 126 Å². The number of halogens is 2. The van der Waals surface area contributed by atoms with Crippen LogP contribution in [0.2, 0.25) is 10.0 Å². The number of thioether (sulfide) groups is 1. The van der Waals surface area contributed by atoms with Crippen molar-refractivity contribution in [1.29, 1.82) is 0 Å². The molecule has 2 nitrogen and oxygen atoms in total. The lowest BCUT2D eigenvalue weighted by Crippen LogP contribution is -2.38. The number of rotatable bonds is 7. The summed E-state index contributed by atoms with van der Waals surface area (Å²) in [4.78, 5) is 5.73. The molecule has 1 heterocycles. The van der Waals surface area contributed by atoms with Gasteiger partial charge in [0, 0.05) is 17.3 Å². The highest BCUT2D eigenvalue weighted by atomic mass is 35.5. The predicted octanol–water partition coefficient (Wildman–Crippen LogP) is 8.32. The van der Waals surface area contributed by atoms with Gasteiger partial charge < -0.3 is 4.57 Å². The van der Waals surface area contributed by atoms with Gasteiger partial charge in [-0.1, -0.05) is 120 Å². The second kappa shape index (κ2) is 10.1. The van der Waals surface area contributed by atoms with Gasteiger partial charge in [0.2, 0.25) is 0 Å². The molecule has 34 heavy (non-hydrogen) atoms. The molecule has 0 aliphatic carbocycles. The zero-order chi connectivity index (χ0) is 23.4. The van der Waals surface area contributed by atoms with Crippen LogP contribution in [0.5, 0.6) is 0 Å². The van der Waals surface area contributed by atoms with Gasteiger partial charge in [0.15, 0.2) is 0 Å². The molecule has 0 saturated heterocycles. The summed E-state index contributed by atoms with van der Waals surface area (Å²) >= 11 is 14.4. The Bertz CT molecular complexity index is 1270. The number of benzene rings is 4. The molecule has 0 aliphatic rings. The zero-order valence-electron chi connectivity index (χ0n) is 18.3. The van der Waals surface area contributed by atoms with E-state index in [0.29, 0.717) is 15.8 Å². The highest BCUT2D eigenvalue weighted by Gasteiger charge is 2.39. The summed E-state index contributed by atoms with van der Waals surface area (Å²) in [7, 11) is 0. The quantitative estimate of drug-likeness (QED) is 0.165. The van der Waals surface area contributed by atoms with E-state index < -0.39 is 5.54 Å². The highest BCUT2D eigenvalue weighted by molar-refractivity contribution is 7.98. The van der Waals surface area contributed by atoms with Crippen LogP contribution >= 0.6 is 35.0 Å². The number of hydrogen-bond donors (Lipinski definition) is 0. The van der Waals surface area contributed by atoms with E-state index >= 15 is 0 Å². The van der Waals surface area contributed by atoms with Crippen molar-refractivity contribution >= 4 is 35.0 Å². The first kappa shape index (κ1) is 22.8. The maximum absolute atomic E-state index is 6.47. The Hall–Kier alpha value is -2.98. The van der Waals surface area contributed by atoms with E-state index in [0.717, 1.165) is 27.4 Å². The number of aromatic nitrogens is 2. The summed E-state index contributed by atoms with van der Waals surface area (Å²) in [5.41, 5.74) is 2.90. The lowest BCUT2D eigenvalue weighted by Gasteiger charge is -2.38. The molecule has 5 heteroatoms. The third-order valence-corrected chi connectivity index (χ3v) is 7.91. The normalized spacial score (nSPS) is 11.5. The zero-order valence-corrected chi connectivity index (χ0v) is 20.6. The van der Waals surface area contributed by atoms with Gasteiger partial charge in [0.1, 0.15) is 11.4 Å². The molecular weight excluding hydrogens is 479 g/mol. The largest absolute Gasteiger partial charge is 0.316 e. The summed E-state index contributed by atoms with van der Waals surface area (Å²) < 4.78 is 2.29. The van der Waals surface area contributed by atoms with Crippen LogP contribution in [0, 0.1) is 0 Å². The van der Waals surface area contributed by atoms with Crippen molar-refractivity contribution in [3.8, 4) is 0 Å². The topological polar surface area (TPSA) is 17.8 Å². The Morgan fingerprint density at radius 3 is 1.74 bits per heavy atom. The molecule has 4 aromatic carbocycles. The van der Waals surface area contributed by atoms with Crippen molar-refractivity contribution in [1.82, 2.24) is 9.55 Å². The monoisotopic (exact) mass is 500 g/mol. The van der Waals surface area contributed by atoms with Crippen molar-refractivity contribution in [2.75, 3.05) is 0 Å². The molecule has 0 bridgehead atoms. The van der Waals surface area contributed by atoms with Crippen molar-refractivity contribution in [3.63, 3.8) is 0 Å². The molecule has 0 atom stereocenters. The summed E-state index contributed by atoms with van der Waals surface area (Å²) in [6.07, 6.45) is 3.95. The van der Waals surface area contributed by atoms with Crippen LogP contribution in [0.3, 0.4) is 0 Å². The third-order valence-electron chi connectivity index (χ3n) is 5.93. The predicted molar refractivity (Wildman–Crippen MR) is 143 cm³/mol. The van der Waals surface area contributed by atoms with Crippen LogP contribution in [0.25, 0.3) is 0 Å². The number of imidazole rings is 1. The van der Waals surface area contributed by atoms with E-state index in [4.69, 9.17) is 28.2 Å². The smallest absolute Gasteiger partial charge is 0.121 e. The van der Waals surface area contributed by atoms with Crippen LogP contribution in [-0.4, -0.2) is 9.55 Å². The first-order valence-corrected chi connectivity index (χ1v) is 12.7. The van der Waals surface area contributed by atoms with Gasteiger partial charge in [0.25, 0.3) is 0 Å². The summed E-state index contributed by atoms with van der Waals surface area (Å²) in [6.45, 7) is 0. The van der Waals surface area contributed by atoms with Crippen molar-refractivity contribution in [2.24, 2.45) is 0 Å². The molecule has 0 fully saturated rings. The maximum atomic E-state index is 6.47. The molecule has 0 unspecified atom stereocenters. The molecule has 0 amide bonds. The van der Waals surface area contributed by atoms with Gasteiger partial charge >= 0.3 is 0 Å². The molecule has 0 spiro atoms. The number of nitrogens with zero attached hydrogens (tertiary/aromatic N) is 2. The van der Waals surface area contributed by atoms with E-state index in [1.54, 1.807) is 17.8 Å². The molecule has 5 rings (SSSR count). The van der Waals surface area contributed by atoms with E-state index in [-0.39, 0.29) is 0 Å². The Kier molecular flexibility index (Phi) is 6.77. The van der Waals surface area contributed by atoms with E-state index in [1.807, 2.05) is 18.3 Å². The fourth-order valence-corrected chi connectivity index (χ4v) is 5.87. The van der Waals surface area contributed by atoms with E-state index in [9.17, 15) is 0 Å². The summed E-state index contributed by atoms with van der Waals surface area (Å²) in [6, 6.07) is 37.5. The average molecular weight is 501 g/mol. The van der Waals surface area contributed by atoms with E-state index in [1.165, 1.54) is 0 Å². The second-order valence-corrected chi connectivity index (χ2v) is 9.66. The minimum atomic E-state index is -0.589. The minimum Gasteiger partial charge on any atom is -0.316 e. The number of hydrogen-bond acceptors (Lipinski definition) is 2.